The van der Waals surface area contributed by atoms with Crippen molar-refractivity contribution in [1.82, 2.24) is 4.90 Å². The van der Waals surface area contributed by atoms with Crippen LogP contribution < -0.4 is 0 Å². The Morgan fingerprint density at radius 2 is 1.42 bits per heavy atom. The summed E-state index contributed by atoms with van der Waals surface area (Å²) in [5.41, 5.74) is 3.61. The maximum atomic E-state index is 13.1. The molecule has 1 aliphatic heterocycles. The van der Waals surface area contributed by atoms with Crippen LogP contribution in [0.25, 0.3) is 11.1 Å². The van der Waals surface area contributed by atoms with Crippen LogP contribution in [0.5, 0.6) is 0 Å². The van der Waals surface area contributed by atoms with Gasteiger partial charge in [0.15, 0.2) is 6.23 Å². The average molecular weight is 444 g/mol. The minimum atomic E-state index is -0.736. The topological polar surface area (TPSA) is 55.8 Å². The SMILES string of the molecule is CC(C)(C)[C@@H]1OC(=O)[C@H](Cc2ccc(-c3ccccc3)cc2)N1C(=O)OCc1ccccc1. The lowest BCUT2D eigenvalue weighted by Gasteiger charge is -2.33. The second-order valence-corrected chi connectivity index (χ2v) is 9.39. The Kier molecular flexibility index (Phi) is 6.50. The van der Waals surface area contributed by atoms with E-state index in [4.69, 9.17) is 9.47 Å². The maximum Gasteiger partial charge on any atom is 0.413 e. The Morgan fingerprint density at radius 3 is 2.03 bits per heavy atom. The van der Waals surface area contributed by atoms with E-state index in [9.17, 15) is 9.59 Å². The third kappa shape index (κ3) is 5.25. The second kappa shape index (κ2) is 9.49. The van der Waals surface area contributed by atoms with Gasteiger partial charge in [-0.15, -0.1) is 0 Å². The van der Waals surface area contributed by atoms with Crippen molar-refractivity contribution in [2.24, 2.45) is 5.41 Å². The molecule has 3 aromatic carbocycles. The number of carbonyl (C=O) groups excluding carboxylic acids is 2. The normalized spacial score (nSPS) is 18.2. The fraction of sp³-hybridized carbons (Fsp3) is 0.286. The second-order valence-electron chi connectivity index (χ2n) is 9.39. The van der Waals surface area contributed by atoms with Gasteiger partial charge in [-0.1, -0.05) is 106 Å². The van der Waals surface area contributed by atoms with Crippen LogP contribution in [0.3, 0.4) is 0 Å². The number of benzene rings is 3. The molecule has 4 rings (SSSR count). The molecule has 0 aliphatic carbocycles. The summed E-state index contributed by atoms with van der Waals surface area (Å²) in [6, 6.07) is 26.9. The van der Waals surface area contributed by atoms with Gasteiger partial charge in [-0.2, -0.15) is 0 Å². The summed E-state index contributed by atoms with van der Waals surface area (Å²) in [7, 11) is 0. The molecule has 0 radical (unpaired) electrons. The Balaban J connectivity index is 1.53. The number of carbonyl (C=O) groups is 2. The fourth-order valence-corrected chi connectivity index (χ4v) is 4.00. The van der Waals surface area contributed by atoms with E-state index in [0.717, 1.165) is 22.3 Å². The summed E-state index contributed by atoms with van der Waals surface area (Å²) in [5.74, 6) is -0.404. The molecule has 0 spiro atoms. The lowest BCUT2D eigenvalue weighted by atomic mass is 9.93. The van der Waals surface area contributed by atoms with Gasteiger partial charge in [0.1, 0.15) is 12.6 Å². The van der Waals surface area contributed by atoms with Gasteiger partial charge in [-0.25, -0.2) is 9.59 Å². The van der Waals surface area contributed by atoms with Gasteiger partial charge in [-0.05, 0) is 22.3 Å². The molecule has 0 unspecified atom stereocenters. The Labute approximate surface area is 194 Å². The molecule has 1 fully saturated rings. The van der Waals surface area contributed by atoms with E-state index in [1.54, 1.807) is 0 Å². The van der Waals surface area contributed by atoms with Crippen LogP contribution in [0.2, 0.25) is 0 Å². The van der Waals surface area contributed by atoms with Crippen LogP contribution in [0.4, 0.5) is 4.79 Å². The van der Waals surface area contributed by atoms with E-state index in [1.165, 1.54) is 4.90 Å². The van der Waals surface area contributed by atoms with Gasteiger partial charge in [0, 0.05) is 11.8 Å². The molecule has 1 amide bonds. The number of cyclic esters (lactones) is 1. The van der Waals surface area contributed by atoms with Crippen molar-refractivity contribution in [2.45, 2.75) is 46.1 Å². The monoisotopic (exact) mass is 443 g/mol. The van der Waals surface area contributed by atoms with E-state index in [-0.39, 0.29) is 6.61 Å². The number of hydrogen-bond donors (Lipinski definition) is 0. The van der Waals surface area contributed by atoms with Gasteiger partial charge < -0.3 is 9.47 Å². The first kappa shape index (κ1) is 22.6. The molecule has 1 saturated heterocycles. The zero-order chi connectivity index (χ0) is 23.4. The van der Waals surface area contributed by atoms with Crippen molar-refractivity contribution < 1.29 is 19.1 Å². The van der Waals surface area contributed by atoms with Crippen LogP contribution in [0.15, 0.2) is 84.9 Å². The highest BCUT2D eigenvalue weighted by atomic mass is 16.6. The van der Waals surface area contributed by atoms with Crippen LogP contribution in [0.1, 0.15) is 31.9 Å². The number of nitrogens with zero attached hydrogens (tertiary/aromatic N) is 1. The summed E-state index contributed by atoms with van der Waals surface area (Å²) in [6.07, 6.45) is -0.876. The quantitative estimate of drug-likeness (QED) is 0.466. The smallest absolute Gasteiger partial charge is 0.413 e. The molecule has 0 bridgehead atoms. The molecule has 33 heavy (non-hydrogen) atoms. The zero-order valence-electron chi connectivity index (χ0n) is 19.2. The van der Waals surface area contributed by atoms with Crippen molar-refractivity contribution in [1.29, 1.82) is 0 Å². The molecule has 1 aliphatic rings. The molecule has 0 N–H and O–H groups in total. The van der Waals surface area contributed by atoms with Crippen molar-refractivity contribution in [3.8, 4) is 11.1 Å². The number of rotatable bonds is 5. The standard InChI is InChI=1S/C28H29NO4/c1-28(2,3)26-29(27(31)32-19-21-10-6-4-7-11-21)24(25(30)33-26)18-20-14-16-23(17-15-20)22-12-8-5-9-13-22/h4-17,24,26H,18-19H2,1-3H3/t24-,26-/m0/s1. The Hall–Kier alpha value is -3.60. The first-order chi connectivity index (χ1) is 15.8. The average Bonchev–Trinajstić information content (AvgIpc) is 3.16. The zero-order valence-corrected chi connectivity index (χ0v) is 19.2. The van der Waals surface area contributed by atoms with Crippen molar-refractivity contribution >= 4 is 12.1 Å². The third-order valence-corrected chi connectivity index (χ3v) is 5.74. The molecule has 0 aromatic heterocycles. The van der Waals surface area contributed by atoms with E-state index >= 15 is 0 Å². The Morgan fingerprint density at radius 1 is 0.848 bits per heavy atom. The van der Waals surface area contributed by atoms with Gasteiger partial charge >= 0.3 is 12.1 Å². The molecule has 0 saturated carbocycles. The van der Waals surface area contributed by atoms with Crippen molar-refractivity contribution in [3.05, 3.63) is 96.1 Å². The molecular formula is C28H29NO4. The molecule has 1 heterocycles. The summed E-state index contributed by atoms with van der Waals surface area (Å²) in [4.78, 5) is 27.4. The third-order valence-electron chi connectivity index (χ3n) is 5.74. The van der Waals surface area contributed by atoms with Gasteiger partial charge in [-0.3, -0.25) is 4.90 Å². The van der Waals surface area contributed by atoms with Gasteiger partial charge in [0.05, 0.1) is 0 Å². The van der Waals surface area contributed by atoms with E-state index < -0.39 is 29.7 Å². The summed E-state index contributed by atoms with van der Waals surface area (Å²) >= 11 is 0. The lowest BCUT2D eigenvalue weighted by molar-refractivity contribution is -0.147. The number of ether oxygens (including phenoxy) is 2. The van der Waals surface area contributed by atoms with Crippen LogP contribution in [-0.2, 0) is 27.3 Å². The lowest BCUT2D eigenvalue weighted by Crippen LogP contribution is -2.48. The van der Waals surface area contributed by atoms with Gasteiger partial charge in [0.25, 0.3) is 0 Å². The van der Waals surface area contributed by atoms with Crippen LogP contribution in [0, 0.1) is 5.41 Å². The molecular weight excluding hydrogens is 414 g/mol. The highest BCUT2D eigenvalue weighted by molar-refractivity contribution is 5.85. The Bertz CT molecular complexity index is 1090. The molecule has 2 atom stereocenters. The first-order valence-electron chi connectivity index (χ1n) is 11.2. The number of hydrogen-bond acceptors (Lipinski definition) is 4. The molecule has 170 valence electrons. The minimum absolute atomic E-state index is 0.139. The van der Waals surface area contributed by atoms with Crippen molar-refractivity contribution in [2.75, 3.05) is 0 Å². The minimum Gasteiger partial charge on any atom is -0.444 e. The predicted molar refractivity (Wildman–Crippen MR) is 127 cm³/mol. The summed E-state index contributed by atoms with van der Waals surface area (Å²) in [5, 5.41) is 0. The van der Waals surface area contributed by atoms with Crippen LogP contribution in [-0.4, -0.2) is 29.2 Å². The largest absolute Gasteiger partial charge is 0.444 e. The first-order valence-corrected chi connectivity index (χ1v) is 11.2. The maximum absolute atomic E-state index is 13.1. The fourth-order valence-electron chi connectivity index (χ4n) is 4.00. The van der Waals surface area contributed by atoms with E-state index in [0.29, 0.717) is 6.42 Å². The number of amides is 1. The molecule has 3 aromatic rings. The van der Waals surface area contributed by atoms with Crippen LogP contribution >= 0.6 is 0 Å². The van der Waals surface area contributed by atoms with Crippen molar-refractivity contribution in [3.63, 3.8) is 0 Å². The molecule has 5 heteroatoms. The highest BCUT2D eigenvalue weighted by Gasteiger charge is 2.50. The van der Waals surface area contributed by atoms with E-state index in [2.05, 4.69) is 12.1 Å². The van der Waals surface area contributed by atoms with Gasteiger partial charge in [0.2, 0.25) is 0 Å². The highest BCUT2D eigenvalue weighted by Crippen LogP contribution is 2.34. The summed E-state index contributed by atoms with van der Waals surface area (Å²) in [6.45, 7) is 5.97. The number of esters is 1. The van der Waals surface area contributed by atoms with E-state index in [1.807, 2.05) is 93.6 Å². The predicted octanol–water partition coefficient (Wildman–Crippen LogP) is 5.83. The molecule has 5 nitrogen and oxygen atoms in total. The summed E-state index contributed by atoms with van der Waals surface area (Å²) < 4.78 is 11.3.